The van der Waals surface area contributed by atoms with Crippen LogP contribution in [-0.4, -0.2) is 37.7 Å². The van der Waals surface area contributed by atoms with Crippen molar-refractivity contribution >= 4 is 27.4 Å². The van der Waals surface area contributed by atoms with Crippen molar-refractivity contribution in [2.75, 3.05) is 29.6 Å². The highest BCUT2D eigenvalue weighted by Crippen LogP contribution is 2.17. The highest BCUT2D eigenvalue weighted by atomic mass is 32.2. The molecule has 0 saturated carbocycles. The Balaban J connectivity index is 2.48. The predicted octanol–water partition coefficient (Wildman–Crippen LogP) is 2.04. The third-order valence-electron chi connectivity index (χ3n) is 1.98. The molecule has 1 N–H and O–H groups in total. The first-order valence-corrected chi connectivity index (χ1v) is 8.57. The normalized spacial score (nSPS) is 11.4. The lowest BCUT2D eigenvalue weighted by atomic mass is 10.4. The van der Waals surface area contributed by atoms with Gasteiger partial charge in [0.2, 0.25) is 0 Å². The summed E-state index contributed by atoms with van der Waals surface area (Å²) in [5.74, 6) is 1.57. The first-order valence-electron chi connectivity index (χ1n) is 5.52. The van der Waals surface area contributed by atoms with Crippen LogP contribution in [-0.2, 0) is 9.84 Å². The van der Waals surface area contributed by atoms with E-state index in [1.54, 1.807) is 0 Å². The van der Waals surface area contributed by atoms with E-state index in [4.69, 9.17) is 0 Å². The van der Waals surface area contributed by atoms with Gasteiger partial charge in [-0.15, -0.1) is 11.8 Å². The molecule has 1 heterocycles. The molecule has 0 aliphatic rings. The largest absolute Gasteiger partial charge is 0.370 e. The number of nitrogens with one attached hydrogen (secondary N) is 1. The second-order valence-corrected chi connectivity index (χ2v) is 7.14. The quantitative estimate of drug-likeness (QED) is 0.771. The second-order valence-electron chi connectivity index (χ2n) is 3.77. The Labute approximate surface area is 107 Å². The molecule has 1 aromatic rings. The average molecular weight is 274 g/mol. The molecule has 0 bridgehead atoms. The lowest BCUT2D eigenvalue weighted by Gasteiger charge is -2.05. The zero-order chi connectivity index (χ0) is 12.7. The number of rotatable bonds is 7. The third-order valence-corrected chi connectivity index (χ3v) is 4.12. The first-order chi connectivity index (χ1) is 8.01. The molecule has 0 radical (unpaired) electrons. The summed E-state index contributed by atoms with van der Waals surface area (Å²) in [4.78, 5) is 4.39. The van der Waals surface area contributed by atoms with Gasteiger partial charge < -0.3 is 5.32 Å². The molecule has 0 unspecified atom stereocenters. The van der Waals surface area contributed by atoms with Crippen molar-refractivity contribution in [3.8, 4) is 0 Å². The fraction of sp³-hybridized carbons (Fsp3) is 0.545. The number of thioether (sulfide) groups is 1. The van der Waals surface area contributed by atoms with Gasteiger partial charge in [0.1, 0.15) is 15.7 Å². The van der Waals surface area contributed by atoms with Crippen molar-refractivity contribution in [2.45, 2.75) is 18.4 Å². The van der Waals surface area contributed by atoms with E-state index >= 15 is 0 Å². The van der Waals surface area contributed by atoms with E-state index in [9.17, 15) is 8.42 Å². The summed E-state index contributed by atoms with van der Waals surface area (Å²) in [6.45, 7) is 2.99. The number of hydrogen-bond donors (Lipinski definition) is 1. The van der Waals surface area contributed by atoms with E-state index in [0.29, 0.717) is 5.75 Å². The molecule has 0 atom stereocenters. The molecule has 0 spiro atoms. The molecule has 17 heavy (non-hydrogen) atoms. The molecular formula is C11H18N2O2S2. The van der Waals surface area contributed by atoms with Crippen molar-refractivity contribution in [1.82, 2.24) is 4.98 Å². The minimum atomic E-state index is -2.88. The van der Waals surface area contributed by atoms with E-state index in [-0.39, 0.29) is 5.75 Å². The summed E-state index contributed by atoms with van der Waals surface area (Å²) in [6.07, 6.45) is 2.30. The summed E-state index contributed by atoms with van der Waals surface area (Å²) < 4.78 is 22.0. The van der Waals surface area contributed by atoms with Gasteiger partial charge in [-0.25, -0.2) is 13.4 Å². The van der Waals surface area contributed by atoms with E-state index < -0.39 is 9.84 Å². The van der Waals surface area contributed by atoms with Gasteiger partial charge in [0.25, 0.3) is 0 Å². The van der Waals surface area contributed by atoms with Gasteiger partial charge in [-0.3, -0.25) is 0 Å². The second kappa shape index (κ2) is 6.86. The third kappa shape index (κ3) is 6.53. The molecule has 0 aliphatic carbocycles. The Hall–Kier alpha value is -0.750. The van der Waals surface area contributed by atoms with E-state index in [0.717, 1.165) is 23.8 Å². The fourth-order valence-electron chi connectivity index (χ4n) is 1.14. The topological polar surface area (TPSA) is 59.1 Å². The molecule has 0 aliphatic heterocycles. The number of nitrogens with zero attached hydrogens (tertiary/aromatic N) is 1. The van der Waals surface area contributed by atoms with Gasteiger partial charge in [-0.2, -0.15) is 0 Å². The van der Waals surface area contributed by atoms with Crippen LogP contribution in [0.5, 0.6) is 0 Å². The molecule has 6 heteroatoms. The van der Waals surface area contributed by atoms with Crippen LogP contribution in [0.4, 0.5) is 5.82 Å². The van der Waals surface area contributed by atoms with Gasteiger partial charge in [0, 0.05) is 18.6 Å². The summed E-state index contributed by atoms with van der Waals surface area (Å²) in [7, 11) is -2.88. The molecule has 1 aromatic heterocycles. The molecular weight excluding hydrogens is 256 g/mol. The standard InChI is InChI=1S/C11H18N2O2S2/c1-3-7-12-10-5-4-6-11(13-10)16-8-9-17(2,14)15/h4-6H,3,7-9H2,1-2H3,(H,12,13). The lowest BCUT2D eigenvalue weighted by Crippen LogP contribution is -2.05. The predicted molar refractivity (Wildman–Crippen MR) is 73.5 cm³/mol. The van der Waals surface area contributed by atoms with Crippen molar-refractivity contribution in [3.63, 3.8) is 0 Å². The SMILES string of the molecule is CCCNc1cccc(SCCS(C)(=O)=O)n1. The number of sulfone groups is 1. The van der Waals surface area contributed by atoms with Crippen molar-refractivity contribution < 1.29 is 8.42 Å². The van der Waals surface area contributed by atoms with Crippen LogP contribution in [0, 0.1) is 0 Å². The van der Waals surface area contributed by atoms with E-state index in [1.165, 1.54) is 18.0 Å². The van der Waals surface area contributed by atoms with Crippen LogP contribution in [0.25, 0.3) is 0 Å². The molecule has 1 rings (SSSR count). The van der Waals surface area contributed by atoms with E-state index in [1.807, 2.05) is 18.2 Å². The monoisotopic (exact) mass is 274 g/mol. The van der Waals surface area contributed by atoms with E-state index in [2.05, 4.69) is 17.2 Å². The Bertz CT molecular complexity index is 447. The van der Waals surface area contributed by atoms with Gasteiger partial charge in [-0.05, 0) is 18.6 Å². The number of hydrogen-bond acceptors (Lipinski definition) is 5. The summed E-state index contributed by atoms with van der Waals surface area (Å²) >= 11 is 1.46. The van der Waals surface area contributed by atoms with Gasteiger partial charge in [-0.1, -0.05) is 13.0 Å². The maximum atomic E-state index is 11.0. The van der Waals surface area contributed by atoms with Gasteiger partial charge in [0.15, 0.2) is 0 Å². The van der Waals surface area contributed by atoms with Gasteiger partial charge >= 0.3 is 0 Å². The van der Waals surface area contributed by atoms with Crippen molar-refractivity contribution in [3.05, 3.63) is 18.2 Å². The van der Waals surface area contributed by atoms with Crippen LogP contribution in [0.3, 0.4) is 0 Å². The molecule has 0 aromatic carbocycles. The maximum Gasteiger partial charge on any atom is 0.148 e. The first kappa shape index (κ1) is 14.3. The van der Waals surface area contributed by atoms with Gasteiger partial charge in [0.05, 0.1) is 10.8 Å². The summed E-state index contributed by atoms with van der Waals surface area (Å²) in [6, 6.07) is 5.73. The molecule has 96 valence electrons. The molecule has 0 amide bonds. The highest BCUT2D eigenvalue weighted by molar-refractivity contribution is 8.00. The minimum absolute atomic E-state index is 0.186. The van der Waals surface area contributed by atoms with Crippen LogP contribution >= 0.6 is 11.8 Å². The minimum Gasteiger partial charge on any atom is -0.370 e. The number of anilines is 1. The Morgan fingerprint density at radius 2 is 2.18 bits per heavy atom. The Morgan fingerprint density at radius 1 is 1.41 bits per heavy atom. The van der Waals surface area contributed by atoms with Crippen LogP contribution in [0.15, 0.2) is 23.2 Å². The molecule has 0 fully saturated rings. The van der Waals surface area contributed by atoms with Crippen molar-refractivity contribution in [2.24, 2.45) is 0 Å². The Morgan fingerprint density at radius 3 is 2.82 bits per heavy atom. The molecule has 0 saturated heterocycles. The van der Waals surface area contributed by atoms with Crippen LogP contribution in [0.2, 0.25) is 0 Å². The smallest absolute Gasteiger partial charge is 0.148 e. The van der Waals surface area contributed by atoms with Crippen molar-refractivity contribution in [1.29, 1.82) is 0 Å². The summed E-state index contributed by atoms with van der Waals surface area (Å²) in [5, 5.41) is 4.05. The zero-order valence-electron chi connectivity index (χ0n) is 10.1. The highest BCUT2D eigenvalue weighted by Gasteiger charge is 2.03. The number of aromatic nitrogens is 1. The van der Waals surface area contributed by atoms with Crippen LogP contribution < -0.4 is 5.32 Å². The Kier molecular flexibility index (Phi) is 5.77. The zero-order valence-corrected chi connectivity index (χ0v) is 11.8. The maximum absolute atomic E-state index is 11.0. The average Bonchev–Trinajstić information content (AvgIpc) is 2.25. The fourth-order valence-corrected chi connectivity index (χ4v) is 3.24. The molecule has 4 nitrogen and oxygen atoms in total. The number of pyridine rings is 1. The van der Waals surface area contributed by atoms with Crippen LogP contribution in [0.1, 0.15) is 13.3 Å². The lowest BCUT2D eigenvalue weighted by molar-refractivity contribution is 0.603. The summed E-state index contributed by atoms with van der Waals surface area (Å²) in [5.41, 5.74) is 0.